The zero-order chi connectivity index (χ0) is 21.5. The first-order valence-electron chi connectivity index (χ1n) is 10.3. The molecule has 0 unspecified atom stereocenters. The summed E-state index contributed by atoms with van der Waals surface area (Å²) in [5.74, 6) is 0.204. The van der Waals surface area contributed by atoms with Crippen molar-refractivity contribution in [1.82, 2.24) is 9.80 Å². The van der Waals surface area contributed by atoms with Gasteiger partial charge in [0.25, 0.3) is 11.8 Å². The van der Waals surface area contributed by atoms with Crippen molar-refractivity contribution in [1.29, 1.82) is 0 Å². The summed E-state index contributed by atoms with van der Waals surface area (Å²) in [5.41, 5.74) is 2.20. The molecular formula is C25H21ClN2O3. The number of rotatable bonds is 2. The molecule has 1 aliphatic rings. The molecule has 31 heavy (non-hydrogen) atoms. The molecule has 156 valence electrons. The zero-order valence-corrected chi connectivity index (χ0v) is 17.9. The van der Waals surface area contributed by atoms with Crippen LogP contribution in [-0.2, 0) is 0 Å². The van der Waals surface area contributed by atoms with Crippen molar-refractivity contribution in [3.05, 3.63) is 82.6 Å². The first-order valence-corrected chi connectivity index (χ1v) is 10.7. The van der Waals surface area contributed by atoms with Gasteiger partial charge in [-0.1, -0.05) is 48.0 Å². The highest BCUT2D eigenvalue weighted by molar-refractivity contribution is 6.30. The summed E-state index contributed by atoms with van der Waals surface area (Å²) in [6.45, 7) is 3.82. The number of hydrogen-bond donors (Lipinski definition) is 0. The topological polar surface area (TPSA) is 53.8 Å². The van der Waals surface area contributed by atoms with E-state index in [4.69, 9.17) is 16.0 Å². The van der Waals surface area contributed by atoms with E-state index in [9.17, 15) is 9.59 Å². The van der Waals surface area contributed by atoms with E-state index in [1.807, 2.05) is 37.3 Å². The summed E-state index contributed by atoms with van der Waals surface area (Å²) < 4.78 is 6.10. The summed E-state index contributed by atoms with van der Waals surface area (Å²) >= 11 is 5.91. The molecule has 6 heteroatoms. The van der Waals surface area contributed by atoms with Gasteiger partial charge in [-0.15, -0.1) is 0 Å². The van der Waals surface area contributed by atoms with Crippen LogP contribution in [0.3, 0.4) is 0 Å². The van der Waals surface area contributed by atoms with Crippen LogP contribution >= 0.6 is 11.6 Å². The van der Waals surface area contributed by atoms with Crippen LogP contribution in [0.2, 0.25) is 5.02 Å². The van der Waals surface area contributed by atoms with Crippen molar-refractivity contribution in [2.45, 2.75) is 6.92 Å². The number of carbonyl (C=O) groups excluding carboxylic acids is 2. The molecule has 0 atom stereocenters. The molecule has 0 spiro atoms. The van der Waals surface area contributed by atoms with E-state index in [-0.39, 0.29) is 11.8 Å². The maximum atomic E-state index is 13.2. The number of benzene rings is 3. The highest BCUT2D eigenvalue weighted by Gasteiger charge is 2.29. The van der Waals surface area contributed by atoms with Crippen LogP contribution in [0.1, 0.15) is 26.5 Å². The van der Waals surface area contributed by atoms with E-state index < -0.39 is 0 Å². The van der Waals surface area contributed by atoms with E-state index in [1.54, 1.807) is 34.1 Å². The van der Waals surface area contributed by atoms with Gasteiger partial charge < -0.3 is 14.2 Å². The molecule has 1 aliphatic heterocycles. The molecule has 1 aromatic heterocycles. The Morgan fingerprint density at radius 2 is 1.45 bits per heavy atom. The normalized spacial score (nSPS) is 14.4. The molecule has 4 aromatic rings. The summed E-state index contributed by atoms with van der Waals surface area (Å²) in [7, 11) is 0. The van der Waals surface area contributed by atoms with Crippen molar-refractivity contribution in [2.75, 3.05) is 26.2 Å². The van der Waals surface area contributed by atoms with Crippen molar-refractivity contribution < 1.29 is 14.0 Å². The van der Waals surface area contributed by atoms with Crippen LogP contribution in [0.4, 0.5) is 0 Å². The van der Waals surface area contributed by atoms with Crippen molar-refractivity contribution in [3.63, 3.8) is 0 Å². The lowest BCUT2D eigenvalue weighted by Gasteiger charge is -2.34. The van der Waals surface area contributed by atoms with Crippen LogP contribution in [0.15, 0.2) is 65.1 Å². The van der Waals surface area contributed by atoms with Gasteiger partial charge in [0.1, 0.15) is 5.58 Å². The molecule has 2 heterocycles. The third-order valence-corrected chi connectivity index (χ3v) is 6.22. The molecule has 0 bridgehead atoms. The molecule has 0 radical (unpaired) electrons. The van der Waals surface area contributed by atoms with Gasteiger partial charge in [0, 0.05) is 53.1 Å². The third kappa shape index (κ3) is 3.45. The van der Waals surface area contributed by atoms with Gasteiger partial charge in [-0.2, -0.15) is 0 Å². The number of fused-ring (bicyclic) bond motifs is 3. The van der Waals surface area contributed by atoms with E-state index in [2.05, 4.69) is 6.07 Å². The van der Waals surface area contributed by atoms with Crippen molar-refractivity contribution >= 4 is 45.2 Å². The summed E-state index contributed by atoms with van der Waals surface area (Å²) in [4.78, 5) is 29.5. The fraction of sp³-hybridized carbons (Fsp3) is 0.200. The predicted molar refractivity (Wildman–Crippen MR) is 122 cm³/mol. The average molecular weight is 433 g/mol. The zero-order valence-electron chi connectivity index (χ0n) is 17.1. The quantitative estimate of drug-likeness (QED) is 0.440. The standard InChI is InChI=1S/C25H21ClN2O3/c1-16-20-11-8-17-4-2-3-5-21(17)23(20)31-22(16)25(30)28-14-12-27(13-15-28)24(29)18-6-9-19(26)10-7-18/h2-11H,12-15H2,1H3. The largest absolute Gasteiger partial charge is 0.450 e. The second-order valence-electron chi connectivity index (χ2n) is 7.81. The SMILES string of the molecule is Cc1c(C(=O)N2CCN(C(=O)c3ccc(Cl)cc3)CC2)oc2c1ccc1ccccc12. The highest BCUT2D eigenvalue weighted by atomic mass is 35.5. The second-order valence-corrected chi connectivity index (χ2v) is 8.25. The van der Waals surface area contributed by atoms with Gasteiger partial charge in [0.05, 0.1) is 0 Å². The fourth-order valence-electron chi connectivity index (χ4n) is 4.18. The molecule has 1 fully saturated rings. The highest BCUT2D eigenvalue weighted by Crippen LogP contribution is 2.32. The third-order valence-electron chi connectivity index (χ3n) is 5.97. The Morgan fingerprint density at radius 3 is 2.16 bits per heavy atom. The molecule has 3 aromatic carbocycles. The van der Waals surface area contributed by atoms with E-state index >= 15 is 0 Å². The average Bonchev–Trinajstić information content (AvgIpc) is 3.15. The Kier molecular flexibility index (Phi) is 4.91. The molecule has 2 amide bonds. The fourth-order valence-corrected chi connectivity index (χ4v) is 4.31. The molecule has 0 saturated carbocycles. The lowest BCUT2D eigenvalue weighted by molar-refractivity contribution is 0.0519. The molecule has 5 rings (SSSR count). The van der Waals surface area contributed by atoms with Crippen LogP contribution in [0, 0.1) is 6.92 Å². The van der Waals surface area contributed by atoms with Gasteiger partial charge in [-0.3, -0.25) is 9.59 Å². The lowest BCUT2D eigenvalue weighted by atomic mass is 10.1. The number of furan rings is 1. The van der Waals surface area contributed by atoms with Gasteiger partial charge in [-0.05, 0) is 36.6 Å². The van der Waals surface area contributed by atoms with Gasteiger partial charge in [0.15, 0.2) is 5.76 Å². The number of amides is 2. The van der Waals surface area contributed by atoms with E-state index in [0.717, 1.165) is 27.3 Å². The van der Waals surface area contributed by atoms with Gasteiger partial charge in [0.2, 0.25) is 0 Å². The van der Waals surface area contributed by atoms with Crippen molar-refractivity contribution in [3.8, 4) is 0 Å². The summed E-state index contributed by atoms with van der Waals surface area (Å²) in [6, 6.07) is 18.9. The predicted octanol–water partition coefficient (Wildman–Crippen LogP) is 5.15. The molecule has 5 nitrogen and oxygen atoms in total. The number of piperazine rings is 1. The summed E-state index contributed by atoms with van der Waals surface area (Å²) in [6.07, 6.45) is 0. The number of halogens is 1. The van der Waals surface area contributed by atoms with E-state index in [1.165, 1.54) is 0 Å². The molecule has 0 N–H and O–H groups in total. The smallest absolute Gasteiger partial charge is 0.290 e. The van der Waals surface area contributed by atoms with Crippen molar-refractivity contribution in [2.24, 2.45) is 0 Å². The summed E-state index contributed by atoms with van der Waals surface area (Å²) in [5, 5.41) is 3.64. The first-order chi connectivity index (χ1) is 15.0. The van der Waals surface area contributed by atoms with Crippen LogP contribution in [-0.4, -0.2) is 47.8 Å². The molecule has 0 aliphatic carbocycles. The second kappa shape index (κ2) is 7.75. The number of carbonyl (C=O) groups is 2. The minimum atomic E-state index is -0.128. The number of aryl methyl sites for hydroxylation is 1. The number of nitrogens with zero attached hydrogens (tertiary/aromatic N) is 2. The Balaban J connectivity index is 1.35. The minimum absolute atomic E-state index is 0.0462. The first kappa shape index (κ1) is 19.6. The molecular weight excluding hydrogens is 412 g/mol. The van der Waals surface area contributed by atoms with Crippen LogP contribution < -0.4 is 0 Å². The monoisotopic (exact) mass is 432 g/mol. The maximum Gasteiger partial charge on any atom is 0.290 e. The Morgan fingerprint density at radius 1 is 0.806 bits per heavy atom. The Labute approximate surface area is 184 Å². The Bertz CT molecular complexity index is 1300. The Hall–Kier alpha value is -3.31. The maximum absolute atomic E-state index is 13.2. The number of hydrogen-bond acceptors (Lipinski definition) is 3. The minimum Gasteiger partial charge on any atom is -0.450 e. The molecule has 1 saturated heterocycles. The van der Waals surface area contributed by atoms with Crippen LogP contribution in [0.5, 0.6) is 0 Å². The van der Waals surface area contributed by atoms with E-state index in [0.29, 0.717) is 42.5 Å². The van der Waals surface area contributed by atoms with Gasteiger partial charge in [-0.25, -0.2) is 0 Å². The van der Waals surface area contributed by atoms with Gasteiger partial charge >= 0.3 is 0 Å². The lowest BCUT2D eigenvalue weighted by Crippen LogP contribution is -2.50. The van der Waals surface area contributed by atoms with Crippen LogP contribution in [0.25, 0.3) is 21.7 Å².